The van der Waals surface area contributed by atoms with Crippen LogP contribution in [-0.2, 0) is 17.8 Å². The van der Waals surface area contributed by atoms with Gasteiger partial charge in [-0.05, 0) is 33.1 Å². The molecule has 0 atom stereocenters. The average molecular weight is 358 g/mol. The van der Waals surface area contributed by atoms with Crippen LogP contribution >= 0.6 is 0 Å². The second-order valence-electron chi connectivity index (χ2n) is 7.48. The monoisotopic (exact) mass is 358 g/mol. The summed E-state index contributed by atoms with van der Waals surface area (Å²) in [5.41, 5.74) is 2.73. The van der Waals surface area contributed by atoms with E-state index in [-0.39, 0.29) is 5.91 Å². The van der Waals surface area contributed by atoms with Crippen molar-refractivity contribution in [2.45, 2.75) is 52.0 Å². The van der Waals surface area contributed by atoms with E-state index >= 15 is 0 Å². The maximum atomic E-state index is 12.7. The lowest BCUT2D eigenvalue weighted by atomic mass is 10.1. The van der Waals surface area contributed by atoms with Crippen molar-refractivity contribution in [3.05, 3.63) is 34.5 Å². The number of nitrogens with zero attached hydrogens (tertiary/aromatic N) is 4. The molecule has 140 valence electrons. The fraction of sp³-hybridized carbons (Fsp3) is 0.632. The third kappa shape index (κ3) is 3.82. The zero-order chi connectivity index (χ0) is 18.1. The molecule has 0 spiro atoms. The first-order valence-electron chi connectivity index (χ1n) is 9.47. The van der Waals surface area contributed by atoms with E-state index in [0.29, 0.717) is 12.3 Å². The Hall–Kier alpha value is -2.15. The molecule has 4 rings (SSSR count). The standard InChI is InChI=1S/C19H26N4O3/c1-13-17(14(2)25-20-13)11-19(24)23-7-3-6-22(8-9-23)12-16-10-18(26-21-16)15-4-5-15/h10,15H,3-9,11-12H2,1-2H3. The first kappa shape index (κ1) is 17.3. The van der Waals surface area contributed by atoms with E-state index in [1.165, 1.54) is 12.8 Å². The van der Waals surface area contributed by atoms with Gasteiger partial charge in [0.1, 0.15) is 11.5 Å². The van der Waals surface area contributed by atoms with Gasteiger partial charge >= 0.3 is 0 Å². The number of carbonyl (C=O) groups excluding carboxylic acids is 1. The molecule has 3 heterocycles. The first-order valence-corrected chi connectivity index (χ1v) is 9.47. The van der Waals surface area contributed by atoms with Gasteiger partial charge in [0.25, 0.3) is 0 Å². The van der Waals surface area contributed by atoms with E-state index in [2.05, 4.69) is 21.3 Å². The maximum Gasteiger partial charge on any atom is 0.227 e. The number of amides is 1. The third-order valence-corrected chi connectivity index (χ3v) is 5.39. The van der Waals surface area contributed by atoms with Crippen LogP contribution < -0.4 is 0 Å². The van der Waals surface area contributed by atoms with Crippen molar-refractivity contribution in [1.29, 1.82) is 0 Å². The average Bonchev–Trinajstić information content (AvgIpc) is 3.35. The molecule has 1 saturated carbocycles. The molecule has 2 fully saturated rings. The smallest absolute Gasteiger partial charge is 0.227 e. The lowest BCUT2D eigenvalue weighted by molar-refractivity contribution is -0.130. The SMILES string of the molecule is Cc1noc(C)c1CC(=O)N1CCCN(Cc2cc(C3CC3)on2)CC1. The van der Waals surface area contributed by atoms with Gasteiger partial charge in [0, 0.05) is 50.3 Å². The molecule has 2 aromatic heterocycles. The molecule has 1 aliphatic carbocycles. The topological polar surface area (TPSA) is 75.6 Å². The van der Waals surface area contributed by atoms with Crippen molar-refractivity contribution >= 4 is 5.91 Å². The molecular weight excluding hydrogens is 332 g/mol. The maximum absolute atomic E-state index is 12.7. The third-order valence-electron chi connectivity index (χ3n) is 5.39. The number of carbonyl (C=O) groups is 1. The Morgan fingerprint density at radius 2 is 2.00 bits per heavy atom. The summed E-state index contributed by atoms with van der Waals surface area (Å²) in [4.78, 5) is 17.0. The summed E-state index contributed by atoms with van der Waals surface area (Å²) in [7, 11) is 0. The van der Waals surface area contributed by atoms with E-state index in [9.17, 15) is 4.79 Å². The summed E-state index contributed by atoms with van der Waals surface area (Å²) in [6.45, 7) is 7.92. The number of hydrogen-bond donors (Lipinski definition) is 0. The second kappa shape index (κ2) is 7.23. The summed E-state index contributed by atoms with van der Waals surface area (Å²) >= 11 is 0. The predicted molar refractivity (Wildman–Crippen MR) is 94.6 cm³/mol. The quantitative estimate of drug-likeness (QED) is 0.817. The molecule has 2 aromatic rings. The van der Waals surface area contributed by atoms with Crippen LogP contribution in [0.15, 0.2) is 15.1 Å². The molecule has 1 amide bonds. The normalized spacial score (nSPS) is 18.9. The zero-order valence-electron chi connectivity index (χ0n) is 15.5. The van der Waals surface area contributed by atoms with Gasteiger partial charge in [-0.15, -0.1) is 0 Å². The number of aryl methyl sites for hydroxylation is 2. The minimum atomic E-state index is 0.152. The van der Waals surface area contributed by atoms with Crippen LogP contribution in [0, 0.1) is 13.8 Å². The summed E-state index contributed by atoms with van der Waals surface area (Å²) in [5.74, 6) is 2.52. The molecule has 0 unspecified atom stereocenters. The molecule has 7 heteroatoms. The van der Waals surface area contributed by atoms with Gasteiger partial charge in [-0.3, -0.25) is 9.69 Å². The fourth-order valence-corrected chi connectivity index (χ4v) is 3.59. The highest BCUT2D eigenvalue weighted by molar-refractivity contribution is 5.79. The van der Waals surface area contributed by atoms with Crippen molar-refractivity contribution in [2.75, 3.05) is 26.2 Å². The van der Waals surface area contributed by atoms with Gasteiger partial charge in [-0.2, -0.15) is 0 Å². The Morgan fingerprint density at radius 1 is 1.15 bits per heavy atom. The lowest BCUT2D eigenvalue weighted by Gasteiger charge is -2.21. The van der Waals surface area contributed by atoms with Crippen LogP contribution in [0.2, 0.25) is 0 Å². The Kier molecular flexibility index (Phi) is 4.80. The van der Waals surface area contributed by atoms with E-state index in [1.54, 1.807) is 0 Å². The molecule has 0 N–H and O–H groups in total. The summed E-state index contributed by atoms with van der Waals surface area (Å²) in [6.07, 6.45) is 3.79. The van der Waals surface area contributed by atoms with E-state index < -0.39 is 0 Å². The molecule has 1 saturated heterocycles. The highest BCUT2D eigenvalue weighted by Gasteiger charge is 2.28. The van der Waals surface area contributed by atoms with Crippen LogP contribution in [0.5, 0.6) is 0 Å². The highest BCUT2D eigenvalue weighted by Crippen LogP contribution is 2.40. The highest BCUT2D eigenvalue weighted by atomic mass is 16.5. The van der Waals surface area contributed by atoms with Gasteiger partial charge in [0.05, 0.1) is 17.8 Å². The largest absolute Gasteiger partial charge is 0.361 e. The minimum absolute atomic E-state index is 0.152. The first-order chi connectivity index (χ1) is 12.6. The zero-order valence-corrected chi connectivity index (χ0v) is 15.5. The molecular formula is C19H26N4O3. The Labute approximate surface area is 153 Å². The number of rotatable bonds is 5. The fourth-order valence-electron chi connectivity index (χ4n) is 3.59. The van der Waals surface area contributed by atoms with Gasteiger partial charge < -0.3 is 13.9 Å². The second-order valence-corrected chi connectivity index (χ2v) is 7.48. The van der Waals surface area contributed by atoms with Crippen LogP contribution in [-0.4, -0.2) is 52.2 Å². The number of aromatic nitrogens is 2. The predicted octanol–water partition coefficient (Wildman–Crippen LogP) is 2.43. The Morgan fingerprint density at radius 3 is 2.73 bits per heavy atom. The van der Waals surface area contributed by atoms with E-state index in [0.717, 1.165) is 67.6 Å². The molecule has 0 radical (unpaired) electrons. The van der Waals surface area contributed by atoms with Crippen molar-refractivity contribution < 1.29 is 13.8 Å². The van der Waals surface area contributed by atoms with Gasteiger partial charge in [0.15, 0.2) is 0 Å². The number of hydrogen-bond acceptors (Lipinski definition) is 6. The van der Waals surface area contributed by atoms with Crippen LogP contribution in [0.1, 0.15) is 53.7 Å². The van der Waals surface area contributed by atoms with Crippen molar-refractivity contribution in [3.8, 4) is 0 Å². The van der Waals surface area contributed by atoms with Crippen LogP contribution in [0.3, 0.4) is 0 Å². The van der Waals surface area contributed by atoms with Gasteiger partial charge in [-0.1, -0.05) is 10.3 Å². The minimum Gasteiger partial charge on any atom is -0.361 e. The Bertz CT molecular complexity index is 758. The van der Waals surface area contributed by atoms with E-state index in [4.69, 9.17) is 9.05 Å². The van der Waals surface area contributed by atoms with E-state index in [1.807, 2.05) is 18.7 Å². The molecule has 7 nitrogen and oxygen atoms in total. The summed E-state index contributed by atoms with van der Waals surface area (Å²) in [5, 5.41) is 8.15. The molecule has 1 aliphatic heterocycles. The molecule has 2 aliphatic rings. The molecule has 0 bridgehead atoms. The van der Waals surface area contributed by atoms with Crippen LogP contribution in [0.4, 0.5) is 0 Å². The van der Waals surface area contributed by atoms with Crippen molar-refractivity contribution in [3.63, 3.8) is 0 Å². The molecule has 0 aromatic carbocycles. The van der Waals surface area contributed by atoms with Crippen molar-refractivity contribution in [2.24, 2.45) is 0 Å². The summed E-state index contributed by atoms with van der Waals surface area (Å²) < 4.78 is 10.6. The van der Waals surface area contributed by atoms with Gasteiger partial charge in [0.2, 0.25) is 5.91 Å². The summed E-state index contributed by atoms with van der Waals surface area (Å²) in [6, 6.07) is 2.10. The Balaban J connectivity index is 1.31. The van der Waals surface area contributed by atoms with Crippen molar-refractivity contribution in [1.82, 2.24) is 20.1 Å². The lowest BCUT2D eigenvalue weighted by Crippen LogP contribution is -2.36. The van der Waals surface area contributed by atoms with Gasteiger partial charge in [-0.25, -0.2) is 0 Å². The van der Waals surface area contributed by atoms with Crippen LogP contribution in [0.25, 0.3) is 0 Å². The molecule has 26 heavy (non-hydrogen) atoms.